The fourth-order valence-corrected chi connectivity index (χ4v) is 3.56. The molecule has 2 N–H and O–H groups in total. The van der Waals surface area contributed by atoms with E-state index in [1.165, 1.54) is 18.9 Å². The Morgan fingerprint density at radius 2 is 2.14 bits per heavy atom. The van der Waals surface area contributed by atoms with E-state index in [2.05, 4.69) is 15.6 Å². The molecule has 2 aliphatic carbocycles. The SMILES string of the molecule is O=C(NCc1ccnc(C(F)(F)F)c1)N[C@@H]1C[C@H]2CC[C@@H]1C2. The summed E-state index contributed by atoms with van der Waals surface area (Å²) in [5.74, 6) is 1.29. The normalized spacial score (nSPS) is 27.0. The number of halogens is 3. The molecule has 0 aliphatic heterocycles. The summed E-state index contributed by atoms with van der Waals surface area (Å²) in [7, 11) is 0. The average molecular weight is 313 g/mol. The quantitative estimate of drug-likeness (QED) is 0.901. The second-order valence-corrected chi connectivity index (χ2v) is 6.16. The van der Waals surface area contributed by atoms with Crippen molar-refractivity contribution < 1.29 is 18.0 Å². The standard InChI is InChI=1S/C15H18F3N3O/c16-15(17,18)13-7-10(3-4-19-13)8-20-14(22)21-12-6-9-1-2-11(12)5-9/h3-4,7,9,11-12H,1-2,5-6,8H2,(H2,20,21,22)/t9-,11+,12+/m0/s1. The van der Waals surface area contributed by atoms with Gasteiger partial charge in [0.25, 0.3) is 0 Å². The molecule has 0 spiro atoms. The number of pyridine rings is 1. The Bertz CT molecular complexity index is 561. The van der Waals surface area contributed by atoms with E-state index in [0.29, 0.717) is 11.5 Å². The third-order valence-electron chi connectivity index (χ3n) is 4.62. The molecule has 2 aliphatic rings. The molecule has 2 fully saturated rings. The van der Waals surface area contributed by atoms with Gasteiger partial charge in [-0.3, -0.25) is 4.98 Å². The first kappa shape index (κ1) is 15.1. The van der Waals surface area contributed by atoms with Gasteiger partial charge in [-0.25, -0.2) is 4.79 Å². The fourth-order valence-electron chi connectivity index (χ4n) is 3.56. The Kier molecular flexibility index (Phi) is 3.97. The van der Waals surface area contributed by atoms with Crippen LogP contribution in [0, 0.1) is 11.8 Å². The van der Waals surface area contributed by atoms with Crippen molar-refractivity contribution in [2.45, 2.75) is 44.4 Å². The van der Waals surface area contributed by atoms with Crippen molar-refractivity contribution in [1.82, 2.24) is 15.6 Å². The van der Waals surface area contributed by atoms with Crippen molar-refractivity contribution >= 4 is 6.03 Å². The van der Waals surface area contributed by atoms with Crippen molar-refractivity contribution in [1.29, 1.82) is 0 Å². The van der Waals surface area contributed by atoms with Gasteiger partial charge in [0.2, 0.25) is 0 Å². The lowest BCUT2D eigenvalue weighted by atomic mass is 9.95. The molecule has 1 aromatic heterocycles. The van der Waals surface area contributed by atoms with Crippen LogP contribution in [-0.4, -0.2) is 17.1 Å². The van der Waals surface area contributed by atoms with Crippen LogP contribution in [0.5, 0.6) is 0 Å². The number of carbonyl (C=O) groups is 1. The number of rotatable bonds is 3. The Labute approximate surface area is 126 Å². The van der Waals surface area contributed by atoms with Gasteiger partial charge in [0.15, 0.2) is 0 Å². The molecule has 2 saturated carbocycles. The molecule has 7 heteroatoms. The number of alkyl halides is 3. The highest BCUT2D eigenvalue weighted by atomic mass is 19.4. The third kappa shape index (κ3) is 3.34. The minimum absolute atomic E-state index is 0.0538. The number of hydrogen-bond donors (Lipinski definition) is 2. The summed E-state index contributed by atoms with van der Waals surface area (Å²) < 4.78 is 37.7. The maximum absolute atomic E-state index is 12.6. The molecule has 120 valence electrons. The zero-order valence-electron chi connectivity index (χ0n) is 12.0. The van der Waals surface area contributed by atoms with Crippen LogP contribution in [-0.2, 0) is 12.7 Å². The number of carbonyl (C=O) groups excluding carboxylic acids is 1. The third-order valence-corrected chi connectivity index (χ3v) is 4.62. The van der Waals surface area contributed by atoms with E-state index >= 15 is 0 Å². The fraction of sp³-hybridized carbons (Fsp3) is 0.600. The number of aromatic nitrogens is 1. The predicted octanol–water partition coefficient (Wildman–Crippen LogP) is 3.09. The van der Waals surface area contributed by atoms with E-state index in [4.69, 9.17) is 0 Å². The van der Waals surface area contributed by atoms with Crippen LogP contribution in [0.15, 0.2) is 18.3 Å². The summed E-state index contributed by atoms with van der Waals surface area (Å²) in [6.07, 6.45) is 1.25. The highest BCUT2D eigenvalue weighted by molar-refractivity contribution is 5.74. The molecule has 3 atom stereocenters. The van der Waals surface area contributed by atoms with Crippen LogP contribution in [0.4, 0.5) is 18.0 Å². The average Bonchev–Trinajstić information content (AvgIpc) is 3.07. The summed E-state index contributed by atoms with van der Waals surface area (Å²) in [6.45, 7) is 0.0538. The van der Waals surface area contributed by atoms with E-state index in [-0.39, 0.29) is 18.6 Å². The van der Waals surface area contributed by atoms with Crippen molar-refractivity contribution in [3.8, 4) is 0 Å². The Hall–Kier alpha value is -1.79. The number of nitrogens with one attached hydrogen (secondary N) is 2. The highest BCUT2D eigenvalue weighted by Crippen LogP contribution is 2.44. The van der Waals surface area contributed by atoms with E-state index in [1.54, 1.807) is 0 Å². The Morgan fingerprint density at radius 3 is 2.77 bits per heavy atom. The topological polar surface area (TPSA) is 54.0 Å². The van der Waals surface area contributed by atoms with Crippen molar-refractivity contribution in [2.24, 2.45) is 11.8 Å². The first-order chi connectivity index (χ1) is 10.4. The molecule has 0 radical (unpaired) electrons. The zero-order valence-corrected chi connectivity index (χ0v) is 12.0. The molecular formula is C15H18F3N3O. The number of nitrogens with zero attached hydrogens (tertiary/aromatic N) is 1. The number of hydrogen-bond acceptors (Lipinski definition) is 2. The second-order valence-electron chi connectivity index (χ2n) is 6.16. The van der Waals surface area contributed by atoms with E-state index in [0.717, 1.165) is 31.0 Å². The highest BCUT2D eigenvalue weighted by Gasteiger charge is 2.40. The van der Waals surface area contributed by atoms with Gasteiger partial charge in [-0.1, -0.05) is 6.42 Å². The molecule has 1 heterocycles. The van der Waals surface area contributed by atoms with E-state index in [1.807, 2.05) is 0 Å². The lowest BCUT2D eigenvalue weighted by molar-refractivity contribution is -0.141. The summed E-state index contributed by atoms with van der Waals surface area (Å²) in [6, 6.07) is 2.31. The molecule has 1 aromatic rings. The summed E-state index contributed by atoms with van der Waals surface area (Å²) in [4.78, 5) is 15.2. The van der Waals surface area contributed by atoms with Crippen LogP contribution in [0.25, 0.3) is 0 Å². The molecule has 0 unspecified atom stereocenters. The molecule has 2 bridgehead atoms. The van der Waals surface area contributed by atoms with E-state index in [9.17, 15) is 18.0 Å². The second kappa shape index (κ2) is 5.78. The molecular weight excluding hydrogens is 295 g/mol. The van der Waals surface area contributed by atoms with Gasteiger partial charge in [0.1, 0.15) is 5.69 Å². The molecule has 0 saturated heterocycles. The van der Waals surface area contributed by atoms with Gasteiger partial charge in [-0.15, -0.1) is 0 Å². The summed E-state index contributed by atoms with van der Waals surface area (Å²) >= 11 is 0. The van der Waals surface area contributed by atoms with Gasteiger partial charge in [-0.2, -0.15) is 13.2 Å². The van der Waals surface area contributed by atoms with Crippen LogP contribution in [0.1, 0.15) is 36.9 Å². The number of fused-ring (bicyclic) bond motifs is 2. The largest absolute Gasteiger partial charge is 0.433 e. The van der Waals surface area contributed by atoms with Crippen molar-refractivity contribution in [2.75, 3.05) is 0 Å². The summed E-state index contributed by atoms with van der Waals surface area (Å²) in [5, 5.41) is 5.56. The maximum atomic E-state index is 12.6. The van der Waals surface area contributed by atoms with Gasteiger partial charge in [-0.05, 0) is 48.8 Å². The molecule has 4 nitrogen and oxygen atoms in total. The minimum atomic E-state index is -4.47. The predicted molar refractivity (Wildman–Crippen MR) is 73.8 cm³/mol. The smallest absolute Gasteiger partial charge is 0.335 e. The van der Waals surface area contributed by atoms with Crippen molar-refractivity contribution in [3.05, 3.63) is 29.6 Å². The zero-order chi connectivity index (χ0) is 15.7. The minimum Gasteiger partial charge on any atom is -0.335 e. The van der Waals surface area contributed by atoms with E-state index < -0.39 is 11.9 Å². The van der Waals surface area contributed by atoms with Gasteiger partial charge >= 0.3 is 12.2 Å². The van der Waals surface area contributed by atoms with Crippen LogP contribution < -0.4 is 10.6 Å². The van der Waals surface area contributed by atoms with Crippen LogP contribution in [0.2, 0.25) is 0 Å². The first-order valence-electron chi connectivity index (χ1n) is 7.48. The van der Waals surface area contributed by atoms with Gasteiger partial charge < -0.3 is 10.6 Å². The lowest BCUT2D eigenvalue weighted by Crippen LogP contribution is -2.44. The number of urea groups is 1. The monoisotopic (exact) mass is 313 g/mol. The van der Waals surface area contributed by atoms with Crippen molar-refractivity contribution in [3.63, 3.8) is 0 Å². The van der Waals surface area contributed by atoms with Crippen LogP contribution >= 0.6 is 0 Å². The Balaban J connectivity index is 1.51. The summed E-state index contributed by atoms with van der Waals surface area (Å²) in [5.41, 5.74) is -0.564. The molecule has 0 aromatic carbocycles. The Morgan fingerprint density at radius 1 is 1.32 bits per heavy atom. The molecule has 2 amide bonds. The molecule has 3 rings (SSSR count). The van der Waals surface area contributed by atoms with Gasteiger partial charge in [0.05, 0.1) is 0 Å². The maximum Gasteiger partial charge on any atom is 0.433 e. The number of amides is 2. The lowest BCUT2D eigenvalue weighted by Gasteiger charge is -2.23. The molecule has 22 heavy (non-hydrogen) atoms. The van der Waals surface area contributed by atoms with Gasteiger partial charge in [0, 0.05) is 18.8 Å². The first-order valence-corrected chi connectivity index (χ1v) is 7.48. The van der Waals surface area contributed by atoms with Crippen LogP contribution in [0.3, 0.4) is 0 Å².